The molecule has 2 aliphatic rings. The van der Waals surface area contributed by atoms with Crippen LogP contribution in [-0.4, -0.2) is 38.9 Å². The molecule has 1 atom stereocenters. The van der Waals surface area contributed by atoms with Gasteiger partial charge in [-0.25, -0.2) is 4.68 Å². The smallest absolute Gasteiger partial charge is 0.254 e. The SMILES string of the molecule is O=C(c1ccsc1)N1CC[C@H](n2cc(C3CC3)nn2)C1. The monoisotopic (exact) mass is 288 g/mol. The molecule has 20 heavy (non-hydrogen) atoms. The van der Waals surface area contributed by atoms with Gasteiger partial charge in [0.1, 0.15) is 0 Å². The van der Waals surface area contributed by atoms with Gasteiger partial charge >= 0.3 is 0 Å². The summed E-state index contributed by atoms with van der Waals surface area (Å²) in [6.07, 6.45) is 5.52. The molecule has 104 valence electrons. The summed E-state index contributed by atoms with van der Waals surface area (Å²) in [7, 11) is 0. The fraction of sp³-hybridized carbons (Fsp3) is 0.500. The fourth-order valence-corrected chi connectivity index (χ4v) is 3.38. The first kappa shape index (κ1) is 12.1. The zero-order valence-electron chi connectivity index (χ0n) is 11.1. The highest BCUT2D eigenvalue weighted by Crippen LogP contribution is 2.39. The van der Waals surface area contributed by atoms with Crippen LogP contribution in [0.1, 0.15) is 47.3 Å². The molecule has 0 aromatic carbocycles. The van der Waals surface area contributed by atoms with Gasteiger partial charge in [-0.05, 0) is 30.7 Å². The highest BCUT2D eigenvalue weighted by molar-refractivity contribution is 7.08. The molecule has 0 bridgehead atoms. The second-order valence-corrected chi connectivity index (χ2v) is 6.38. The summed E-state index contributed by atoms with van der Waals surface area (Å²) in [6, 6.07) is 2.17. The summed E-state index contributed by atoms with van der Waals surface area (Å²) in [5.74, 6) is 0.768. The molecule has 1 aliphatic carbocycles. The van der Waals surface area contributed by atoms with Crippen LogP contribution in [0.15, 0.2) is 23.0 Å². The Morgan fingerprint density at radius 3 is 3.00 bits per heavy atom. The van der Waals surface area contributed by atoms with Gasteiger partial charge in [-0.15, -0.1) is 5.10 Å². The molecule has 1 amide bonds. The number of thiophene rings is 1. The molecule has 5 nitrogen and oxygen atoms in total. The fourth-order valence-electron chi connectivity index (χ4n) is 2.75. The van der Waals surface area contributed by atoms with Gasteiger partial charge < -0.3 is 4.90 Å². The first-order valence-corrected chi connectivity index (χ1v) is 7.99. The Labute approximate surface area is 121 Å². The number of nitrogens with zero attached hydrogens (tertiary/aromatic N) is 4. The van der Waals surface area contributed by atoms with E-state index in [1.807, 2.05) is 26.4 Å². The first-order chi connectivity index (χ1) is 9.81. The standard InChI is InChI=1S/C14H16N4OS/c19-14(11-4-6-20-9-11)17-5-3-12(7-17)18-8-13(15-16-18)10-1-2-10/h4,6,8-10,12H,1-3,5,7H2/t12-/m0/s1. The van der Waals surface area contributed by atoms with Crippen LogP contribution >= 0.6 is 11.3 Å². The van der Waals surface area contributed by atoms with Gasteiger partial charge in [-0.3, -0.25) is 4.79 Å². The maximum absolute atomic E-state index is 12.3. The molecule has 0 unspecified atom stereocenters. The van der Waals surface area contributed by atoms with Crippen molar-refractivity contribution >= 4 is 17.2 Å². The predicted molar refractivity (Wildman–Crippen MR) is 75.9 cm³/mol. The van der Waals surface area contributed by atoms with E-state index in [1.54, 1.807) is 11.3 Å². The van der Waals surface area contributed by atoms with E-state index in [4.69, 9.17) is 0 Å². The Kier molecular flexibility index (Phi) is 2.84. The lowest BCUT2D eigenvalue weighted by Crippen LogP contribution is -2.28. The van der Waals surface area contributed by atoms with E-state index >= 15 is 0 Å². The van der Waals surface area contributed by atoms with Crippen molar-refractivity contribution in [1.29, 1.82) is 0 Å². The van der Waals surface area contributed by atoms with E-state index < -0.39 is 0 Å². The van der Waals surface area contributed by atoms with Gasteiger partial charge in [0.25, 0.3) is 5.91 Å². The summed E-state index contributed by atoms with van der Waals surface area (Å²) in [6.45, 7) is 1.54. The highest BCUT2D eigenvalue weighted by atomic mass is 32.1. The van der Waals surface area contributed by atoms with Gasteiger partial charge in [-0.1, -0.05) is 5.21 Å². The summed E-state index contributed by atoms with van der Waals surface area (Å²) in [5, 5.41) is 12.4. The van der Waals surface area contributed by atoms with Crippen molar-refractivity contribution in [2.45, 2.75) is 31.2 Å². The zero-order valence-corrected chi connectivity index (χ0v) is 11.9. The van der Waals surface area contributed by atoms with Crippen LogP contribution in [0.25, 0.3) is 0 Å². The molecule has 0 radical (unpaired) electrons. The van der Waals surface area contributed by atoms with Crippen LogP contribution in [0.2, 0.25) is 0 Å². The van der Waals surface area contributed by atoms with Gasteiger partial charge in [0.15, 0.2) is 0 Å². The third kappa shape index (κ3) is 2.14. The number of hydrogen-bond donors (Lipinski definition) is 0. The number of carbonyl (C=O) groups excluding carboxylic acids is 1. The topological polar surface area (TPSA) is 51.0 Å². The van der Waals surface area contributed by atoms with Crippen molar-refractivity contribution in [3.8, 4) is 0 Å². The maximum atomic E-state index is 12.3. The number of amides is 1. The summed E-state index contributed by atoms with van der Waals surface area (Å²) < 4.78 is 1.95. The van der Waals surface area contributed by atoms with Crippen LogP contribution in [-0.2, 0) is 0 Å². The largest absolute Gasteiger partial charge is 0.336 e. The van der Waals surface area contributed by atoms with Gasteiger partial charge in [0, 0.05) is 30.6 Å². The molecule has 1 aliphatic heterocycles. The predicted octanol–water partition coefficient (Wildman–Crippen LogP) is 2.30. The molecule has 4 rings (SSSR count). The minimum atomic E-state index is 0.135. The lowest BCUT2D eigenvalue weighted by Gasteiger charge is -2.15. The quantitative estimate of drug-likeness (QED) is 0.871. The number of rotatable bonds is 3. The van der Waals surface area contributed by atoms with Crippen LogP contribution in [0.5, 0.6) is 0 Å². The van der Waals surface area contributed by atoms with Gasteiger partial charge in [-0.2, -0.15) is 11.3 Å². The third-order valence-corrected chi connectivity index (χ3v) is 4.80. The Morgan fingerprint density at radius 1 is 1.35 bits per heavy atom. The van der Waals surface area contributed by atoms with Gasteiger partial charge in [0.05, 0.1) is 17.3 Å². The Morgan fingerprint density at radius 2 is 2.25 bits per heavy atom. The van der Waals surface area contributed by atoms with E-state index in [0.717, 1.165) is 30.8 Å². The number of carbonyl (C=O) groups is 1. The first-order valence-electron chi connectivity index (χ1n) is 7.04. The Balaban J connectivity index is 1.45. The molecule has 3 heterocycles. The summed E-state index contributed by atoms with van der Waals surface area (Å²) in [4.78, 5) is 14.2. The molecule has 1 saturated carbocycles. The van der Waals surface area contributed by atoms with E-state index in [9.17, 15) is 4.79 Å². The van der Waals surface area contributed by atoms with Crippen molar-refractivity contribution in [1.82, 2.24) is 19.9 Å². The van der Waals surface area contributed by atoms with E-state index in [1.165, 1.54) is 12.8 Å². The van der Waals surface area contributed by atoms with Crippen LogP contribution in [0, 0.1) is 0 Å². The second kappa shape index (κ2) is 4.70. The van der Waals surface area contributed by atoms with Crippen LogP contribution in [0.3, 0.4) is 0 Å². The molecule has 0 spiro atoms. The average Bonchev–Trinajstić information content (AvgIpc) is 2.98. The van der Waals surface area contributed by atoms with Crippen LogP contribution < -0.4 is 0 Å². The third-order valence-electron chi connectivity index (χ3n) is 4.12. The second-order valence-electron chi connectivity index (χ2n) is 5.60. The minimum absolute atomic E-state index is 0.135. The van der Waals surface area contributed by atoms with E-state index in [-0.39, 0.29) is 11.9 Å². The lowest BCUT2D eigenvalue weighted by molar-refractivity contribution is 0.0787. The zero-order chi connectivity index (χ0) is 13.5. The maximum Gasteiger partial charge on any atom is 0.254 e. The van der Waals surface area contributed by atoms with Crippen molar-refractivity contribution in [2.24, 2.45) is 0 Å². The molecule has 0 N–H and O–H groups in total. The molecule has 2 aromatic heterocycles. The number of hydrogen-bond acceptors (Lipinski definition) is 4. The molecule has 2 fully saturated rings. The highest BCUT2D eigenvalue weighted by Gasteiger charge is 2.31. The Bertz CT molecular complexity index is 617. The van der Waals surface area contributed by atoms with Crippen molar-refractivity contribution < 1.29 is 4.79 Å². The van der Waals surface area contributed by atoms with Crippen molar-refractivity contribution in [2.75, 3.05) is 13.1 Å². The van der Waals surface area contributed by atoms with E-state index in [0.29, 0.717) is 5.92 Å². The number of aromatic nitrogens is 3. The molecular weight excluding hydrogens is 272 g/mol. The van der Waals surface area contributed by atoms with E-state index in [2.05, 4.69) is 16.5 Å². The minimum Gasteiger partial charge on any atom is -0.336 e. The molecule has 1 saturated heterocycles. The summed E-state index contributed by atoms with van der Waals surface area (Å²) in [5.41, 5.74) is 1.92. The molecule has 6 heteroatoms. The molecular formula is C14H16N4OS. The normalized spacial score (nSPS) is 22.4. The lowest BCUT2D eigenvalue weighted by atomic mass is 10.2. The number of likely N-dealkylation sites (tertiary alicyclic amines) is 1. The average molecular weight is 288 g/mol. The molecule has 2 aromatic rings. The van der Waals surface area contributed by atoms with Crippen molar-refractivity contribution in [3.63, 3.8) is 0 Å². The van der Waals surface area contributed by atoms with Gasteiger partial charge in [0.2, 0.25) is 0 Å². The summed E-state index contributed by atoms with van der Waals surface area (Å²) >= 11 is 1.56. The Hall–Kier alpha value is -1.69. The van der Waals surface area contributed by atoms with Crippen molar-refractivity contribution in [3.05, 3.63) is 34.3 Å². The van der Waals surface area contributed by atoms with Crippen LogP contribution in [0.4, 0.5) is 0 Å².